The fourth-order valence-electron chi connectivity index (χ4n) is 2.08. The molecule has 22 heavy (non-hydrogen) atoms. The molecule has 0 heterocycles. The molecule has 3 aromatic carbocycles. The fraction of sp³-hybridized carbons (Fsp3) is 0.0909. The van der Waals surface area contributed by atoms with E-state index in [1.165, 1.54) is 10.8 Å². The van der Waals surface area contributed by atoms with E-state index in [0.717, 1.165) is 11.1 Å². The highest BCUT2D eigenvalue weighted by Crippen LogP contribution is 2.14. The van der Waals surface area contributed by atoms with Crippen molar-refractivity contribution in [2.75, 3.05) is 0 Å². The molecule has 0 nitrogen and oxygen atoms in total. The van der Waals surface area contributed by atoms with Gasteiger partial charge in [-0.1, -0.05) is 60.4 Å². The van der Waals surface area contributed by atoms with E-state index in [4.69, 9.17) is 0 Å². The van der Waals surface area contributed by atoms with Crippen molar-refractivity contribution < 1.29 is 0 Å². The van der Waals surface area contributed by atoms with Crippen LogP contribution in [0.4, 0.5) is 0 Å². The van der Waals surface area contributed by atoms with Crippen LogP contribution in [0.2, 0.25) is 0 Å². The lowest BCUT2D eigenvalue weighted by Crippen LogP contribution is -1.75. The average Bonchev–Trinajstić information content (AvgIpc) is 2.57. The molecule has 0 unspecified atom stereocenters. The molecule has 0 saturated carbocycles. The molecule has 0 aliphatic heterocycles. The third-order valence-corrected chi connectivity index (χ3v) is 3.06. The summed E-state index contributed by atoms with van der Waals surface area (Å²) in [5, 5.41) is 2.52. The van der Waals surface area contributed by atoms with Gasteiger partial charge in [-0.15, -0.1) is 11.8 Å². The van der Waals surface area contributed by atoms with Gasteiger partial charge in [0.15, 0.2) is 0 Å². The number of fused-ring (bicyclic) bond motifs is 1. The molecule has 106 valence electrons. The van der Waals surface area contributed by atoms with Crippen molar-refractivity contribution in [3.63, 3.8) is 0 Å². The van der Waals surface area contributed by atoms with Crippen molar-refractivity contribution in [3.8, 4) is 23.7 Å². The molecule has 3 aromatic rings. The first-order chi connectivity index (χ1) is 10.8. The molecule has 0 aromatic heterocycles. The molecule has 0 aliphatic rings. The van der Waals surface area contributed by atoms with Crippen LogP contribution < -0.4 is 0 Å². The number of hydrogen-bond donors (Lipinski definition) is 0. The van der Waals surface area contributed by atoms with Crippen molar-refractivity contribution in [2.45, 2.75) is 13.8 Å². The minimum Gasteiger partial charge on any atom is -0.101 e. The van der Waals surface area contributed by atoms with Gasteiger partial charge in [-0.3, -0.25) is 0 Å². The van der Waals surface area contributed by atoms with Crippen LogP contribution in [0.1, 0.15) is 25.0 Å². The van der Waals surface area contributed by atoms with Crippen molar-refractivity contribution in [1.29, 1.82) is 0 Å². The monoisotopic (exact) mass is 282 g/mol. The Morgan fingerprint density at radius 1 is 0.545 bits per heavy atom. The summed E-state index contributed by atoms with van der Waals surface area (Å²) in [6, 6.07) is 24.5. The number of rotatable bonds is 0. The quantitative estimate of drug-likeness (QED) is 0.493. The van der Waals surface area contributed by atoms with Crippen LogP contribution in [0, 0.1) is 23.7 Å². The minimum atomic E-state index is 1.08. The Morgan fingerprint density at radius 3 is 1.82 bits per heavy atom. The Bertz CT molecular complexity index is 850. The lowest BCUT2D eigenvalue weighted by molar-refractivity contribution is 1.64. The molecular formula is C22H18. The topological polar surface area (TPSA) is 0 Å². The maximum Gasteiger partial charge on any atom is 0.0251 e. The van der Waals surface area contributed by atoms with Crippen molar-refractivity contribution in [1.82, 2.24) is 0 Å². The van der Waals surface area contributed by atoms with E-state index in [1.54, 1.807) is 0 Å². The average molecular weight is 282 g/mol. The van der Waals surface area contributed by atoms with Crippen molar-refractivity contribution in [2.24, 2.45) is 0 Å². The molecule has 0 atom stereocenters. The summed E-state index contributed by atoms with van der Waals surface area (Å²) in [6.07, 6.45) is 0. The summed E-state index contributed by atoms with van der Waals surface area (Å²) in [4.78, 5) is 0. The molecule has 0 aliphatic carbocycles. The Balaban J connectivity index is 0.000000172. The number of hydrogen-bond acceptors (Lipinski definition) is 0. The Labute approximate surface area is 132 Å². The van der Waals surface area contributed by atoms with Crippen LogP contribution in [-0.4, -0.2) is 0 Å². The minimum absolute atomic E-state index is 1.08. The van der Waals surface area contributed by atoms with Crippen LogP contribution in [0.25, 0.3) is 10.8 Å². The van der Waals surface area contributed by atoms with E-state index >= 15 is 0 Å². The Morgan fingerprint density at radius 2 is 1.14 bits per heavy atom. The first-order valence-corrected chi connectivity index (χ1v) is 7.23. The molecule has 0 heteroatoms. The Hall–Kier alpha value is -2.96. The van der Waals surface area contributed by atoms with Gasteiger partial charge >= 0.3 is 0 Å². The van der Waals surface area contributed by atoms with E-state index in [-0.39, 0.29) is 0 Å². The third-order valence-electron chi connectivity index (χ3n) is 3.06. The molecule has 0 spiro atoms. The lowest BCUT2D eigenvalue weighted by atomic mass is 10.1. The molecule has 0 N–H and O–H groups in total. The second kappa shape index (κ2) is 8.35. The maximum absolute atomic E-state index is 3.05. The zero-order valence-corrected chi connectivity index (χ0v) is 12.9. The highest BCUT2D eigenvalue weighted by Gasteiger charge is 1.91. The number of benzene rings is 3. The lowest BCUT2D eigenvalue weighted by Gasteiger charge is -1.96. The summed E-state index contributed by atoms with van der Waals surface area (Å²) >= 11 is 0. The van der Waals surface area contributed by atoms with Crippen molar-refractivity contribution in [3.05, 3.63) is 83.9 Å². The summed E-state index contributed by atoms with van der Waals surface area (Å²) in [5.41, 5.74) is 2.17. The van der Waals surface area contributed by atoms with Crippen LogP contribution >= 0.6 is 0 Å². The van der Waals surface area contributed by atoms with E-state index in [1.807, 2.05) is 56.3 Å². The zero-order valence-electron chi connectivity index (χ0n) is 12.9. The van der Waals surface area contributed by atoms with Crippen LogP contribution in [-0.2, 0) is 0 Å². The second-order valence-corrected chi connectivity index (χ2v) is 4.68. The Kier molecular flexibility index (Phi) is 5.86. The first-order valence-electron chi connectivity index (χ1n) is 7.23. The van der Waals surface area contributed by atoms with Gasteiger partial charge in [-0.05, 0) is 48.9 Å². The highest BCUT2D eigenvalue weighted by molar-refractivity contribution is 5.83. The molecular weight excluding hydrogens is 264 g/mol. The molecule has 0 saturated heterocycles. The fourth-order valence-corrected chi connectivity index (χ4v) is 2.08. The zero-order chi connectivity index (χ0) is 15.6. The summed E-state index contributed by atoms with van der Waals surface area (Å²) in [6.45, 7) is 3.70. The molecule has 3 rings (SSSR count). The largest absolute Gasteiger partial charge is 0.101 e. The van der Waals surface area contributed by atoms with Crippen LogP contribution in [0.3, 0.4) is 0 Å². The van der Waals surface area contributed by atoms with Gasteiger partial charge in [-0.2, -0.15) is 0 Å². The maximum atomic E-state index is 3.05. The summed E-state index contributed by atoms with van der Waals surface area (Å²) in [7, 11) is 0. The van der Waals surface area contributed by atoms with Crippen LogP contribution in [0.5, 0.6) is 0 Å². The van der Waals surface area contributed by atoms with E-state index in [2.05, 4.69) is 54.0 Å². The van der Waals surface area contributed by atoms with Gasteiger partial charge in [0.2, 0.25) is 0 Å². The highest BCUT2D eigenvalue weighted by atomic mass is 14.0. The smallest absolute Gasteiger partial charge is 0.0251 e. The molecule has 0 radical (unpaired) electrons. The summed E-state index contributed by atoms with van der Waals surface area (Å²) < 4.78 is 0. The van der Waals surface area contributed by atoms with Gasteiger partial charge in [0.1, 0.15) is 0 Å². The van der Waals surface area contributed by atoms with Crippen molar-refractivity contribution >= 4 is 10.8 Å². The van der Waals surface area contributed by atoms with E-state index in [9.17, 15) is 0 Å². The molecule has 0 fully saturated rings. The molecule has 0 amide bonds. The van der Waals surface area contributed by atoms with E-state index in [0.29, 0.717) is 0 Å². The standard InChI is InChI=1S/C13H10.C9H8/c1-2-5-11-8-9-12-6-3-4-7-13(12)10-11;1-2-6-9-7-4-3-5-8-9/h3-4,6-10H,1H3;3-5,7-8H,1H3. The molecule has 0 bridgehead atoms. The SMILES string of the molecule is CC#Cc1ccc2ccccc2c1.CC#Cc1ccccc1. The van der Waals surface area contributed by atoms with Gasteiger partial charge in [0.25, 0.3) is 0 Å². The van der Waals surface area contributed by atoms with Gasteiger partial charge < -0.3 is 0 Å². The van der Waals surface area contributed by atoms with Crippen LogP contribution in [0.15, 0.2) is 72.8 Å². The van der Waals surface area contributed by atoms with E-state index < -0.39 is 0 Å². The van der Waals surface area contributed by atoms with Gasteiger partial charge in [0, 0.05) is 11.1 Å². The first kappa shape index (κ1) is 15.4. The van der Waals surface area contributed by atoms with Gasteiger partial charge in [0.05, 0.1) is 0 Å². The predicted molar refractivity (Wildman–Crippen MR) is 95.5 cm³/mol. The normalized spacial score (nSPS) is 8.64. The third kappa shape index (κ3) is 4.55. The summed E-state index contributed by atoms with van der Waals surface area (Å²) in [5.74, 6) is 11.7. The van der Waals surface area contributed by atoms with Gasteiger partial charge in [-0.25, -0.2) is 0 Å². The predicted octanol–water partition coefficient (Wildman–Crippen LogP) is 5.27. The second-order valence-electron chi connectivity index (χ2n) is 4.68.